The van der Waals surface area contributed by atoms with Gasteiger partial charge in [0.05, 0.1) is 22.5 Å². The molecule has 1 aliphatic rings. The molecule has 0 bridgehead atoms. The van der Waals surface area contributed by atoms with E-state index >= 15 is 0 Å². The average molecular weight is 379 g/mol. The van der Waals surface area contributed by atoms with E-state index in [-0.39, 0.29) is 6.61 Å². The number of aliphatic hydroxyl groups is 3. The number of nitrogens with one attached hydrogen (secondary N) is 1. The third kappa shape index (κ3) is 2.65. The minimum absolute atomic E-state index is 0.122. The number of halogens is 2. The van der Waals surface area contributed by atoms with E-state index in [4.69, 9.17) is 21.1 Å². The van der Waals surface area contributed by atoms with Gasteiger partial charge in [-0.05, 0) is 28.1 Å². The monoisotopic (exact) mass is 377 g/mol. The van der Waals surface area contributed by atoms with Crippen molar-refractivity contribution in [2.24, 2.45) is 0 Å². The van der Waals surface area contributed by atoms with Gasteiger partial charge in [-0.1, -0.05) is 11.6 Å². The van der Waals surface area contributed by atoms with Crippen molar-refractivity contribution in [1.29, 1.82) is 0 Å². The van der Waals surface area contributed by atoms with Crippen LogP contribution in [0.4, 0.5) is 0 Å². The number of rotatable bonds is 2. The van der Waals surface area contributed by atoms with Crippen molar-refractivity contribution < 1.29 is 24.8 Å². The fourth-order valence-corrected chi connectivity index (χ4v) is 2.82. The van der Waals surface area contributed by atoms with E-state index in [1.165, 1.54) is 0 Å². The molecule has 4 atom stereocenters. The second-order valence-corrected chi connectivity index (χ2v) is 6.04. The first-order valence-corrected chi connectivity index (χ1v) is 7.43. The van der Waals surface area contributed by atoms with Gasteiger partial charge >= 0.3 is 0 Å². The summed E-state index contributed by atoms with van der Waals surface area (Å²) in [5, 5.41) is 30.1. The molecular weight excluding hydrogens is 366 g/mol. The lowest BCUT2D eigenvalue weighted by Crippen LogP contribution is -2.54. The number of ether oxygens (including phenoxy) is 2. The van der Waals surface area contributed by atoms with Crippen LogP contribution in [-0.4, -0.2) is 51.5 Å². The second kappa shape index (κ2) is 5.75. The van der Waals surface area contributed by atoms with Gasteiger partial charge in [-0.3, -0.25) is 0 Å². The van der Waals surface area contributed by atoms with Crippen molar-refractivity contribution in [3.05, 3.63) is 27.8 Å². The van der Waals surface area contributed by atoms with Crippen molar-refractivity contribution in [3.8, 4) is 5.75 Å². The molecule has 1 aliphatic heterocycles. The number of aliphatic hydroxyl groups excluding tert-OH is 3. The summed E-state index contributed by atoms with van der Waals surface area (Å²) in [6.45, 7) is -0.122. The molecule has 0 spiro atoms. The van der Waals surface area contributed by atoms with Crippen LogP contribution in [0.25, 0.3) is 10.9 Å². The molecule has 114 valence electrons. The lowest BCUT2D eigenvalue weighted by molar-refractivity contribution is -0.241. The summed E-state index contributed by atoms with van der Waals surface area (Å²) in [6.07, 6.45) is -3.31. The number of hydrogen-bond donors (Lipinski definition) is 4. The third-order valence-corrected chi connectivity index (χ3v) is 4.68. The van der Waals surface area contributed by atoms with Gasteiger partial charge in [0.15, 0.2) is 0 Å². The Kier molecular flexibility index (Phi) is 4.13. The summed E-state index contributed by atoms with van der Waals surface area (Å²) in [5.74, 6) is 0.393. The summed E-state index contributed by atoms with van der Waals surface area (Å²) >= 11 is 9.57. The van der Waals surface area contributed by atoms with E-state index < -0.39 is 24.6 Å². The van der Waals surface area contributed by atoms with Crippen LogP contribution in [0.3, 0.4) is 0 Å². The Balaban J connectivity index is 1.90. The van der Waals surface area contributed by atoms with Crippen LogP contribution >= 0.6 is 27.5 Å². The fourth-order valence-electron chi connectivity index (χ4n) is 2.23. The van der Waals surface area contributed by atoms with Crippen molar-refractivity contribution in [1.82, 2.24) is 4.98 Å². The molecule has 1 unspecified atom stereocenters. The summed E-state index contributed by atoms with van der Waals surface area (Å²) < 4.78 is 11.5. The van der Waals surface area contributed by atoms with Crippen molar-refractivity contribution in [2.75, 3.05) is 6.61 Å². The highest BCUT2D eigenvalue weighted by Gasteiger charge is 2.39. The van der Waals surface area contributed by atoms with Crippen LogP contribution in [0, 0.1) is 0 Å². The minimum Gasteiger partial charge on any atom is -0.460 e. The summed E-state index contributed by atoms with van der Waals surface area (Å²) in [5.41, 5.74) is 0.768. The first kappa shape index (κ1) is 15.1. The van der Waals surface area contributed by atoms with E-state index in [1.54, 1.807) is 12.3 Å². The Morgan fingerprint density at radius 2 is 2.05 bits per heavy atom. The normalized spacial score (nSPS) is 29.8. The van der Waals surface area contributed by atoms with Crippen molar-refractivity contribution in [3.63, 3.8) is 0 Å². The van der Waals surface area contributed by atoms with Gasteiger partial charge in [0.1, 0.15) is 24.1 Å². The molecule has 0 radical (unpaired) electrons. The zero-order valence-corrected chi connectivity index (χ0v) is 13.0. The van der Waals surface area contributed by atoms with Gasteiger partial charge in [-0.25, -0.2) is 0 Å². The molecule has 8 heteroatoms. The van der Waals surface area contributed by atoms with Crippen LogP contribution in [0.1, 0.15) is 0 Å². The zero-order chi connectivity index (χ0) is 15.1. The van der Waals surface area contributed by atoms with E-state index in [2.05, 4.69) is 20.9 Å². The molecule has 1 aromatic carbocycles. The van der Waals surface area contributed by atoms with Gasteiger partial charge in [-0.15, -0.1) is 0 Å². The molecular formula is C13H13BrClNO5. The van der Waals surface area contributed by atoms with E-state index in [0.717, 1.165) is 5.52 Å². The molecule has 2 aromatic rings. The predicted octanol–water partition coefficient (Wildman–Crippen LogP) is 1.40. The number of aromatic amines is 1. The molecule has 0 aliphatic carbocycles. The van der Waals surface area contributed by atoms with Gasteiger partial charge < -0.3 is 29.8 Å². The maximum absolute atomic E-state index is 9.89. The van der Waals surface area contributed by atoms with Gasteiger partial charge in [0.25, 0.3) is 0 Å². The summed E-state index contributed by atoms with van der Waals surface area (Å²) in [6, 6.07) is 3.63. The van der Waals surface area contributed by atoms with E-state index in [9.17, 15) is 15.3 Å². The highest BCUT2D eigenvalue weighted by atomic mass is 79.9. The number of benzene rings is 1. The van der Waals surface area contributed by atoms with Crippen LogP contribution in [0.15, 0.2) is 22.8 Å². The molecule has 4 N–H and O–H groups in total. The van der Waals surface area contributed by atoms with Gasteiger partial charge in [0.2, 0.25) is 6.29 Å². The highest BCUT2D eigenvalue weighted by Crippen LogP contribution is 2.37. The van der Waals surface area contributed by atoms with Crippen molar-refractivity contribution in [2.45, 2.75) is 24.6 Å². The first-order valence-electron chi connectivity index (χ1n) is 6.26. The number of aromatic nitrogens is 1. The van der Waals surface area contributed by atoms with E-state index in [1.807, 2.05) is 6.07 Å². The van der Waals surface area contributed by atoms with Crippen molar-refractivity contribution >= 4 is 38.4 Å². The second-order valence-electron chi connectivity index (χ2n) is 4.80. The molecule has 0 saturated carbocycles. The van der Waals surface area contributed by atoms with Crippen LogP contribution in [0.5, 0.6) is 5.75 Å². The Hall–Kier alpha value is -0.830. The molecule has 6 nitrogen and oxygen atoms in total. The maximum Gasteiger partial charge on any atom is 0.229 e. The number of fused-ring (bicyclic) bond motifs is 1. The molecule has 1 fully saturated rings. The fraction of sp³-hybridized carbons (Fsp3) is 0.385. The van der Waals surface area contributed by atoms with E-state index in [0.29, 0.717) is 20.6 Å². The minimum atomic E-state index is -1.36. The molecule has 2 heterocycles. The van der Waals surface area contributed by atoms with Crippen LogP contribution < -0.4 is 4.74 Å². The molecule has 1 saturated heterocycles. The topological polar surface area (TPSA) is 94.9 Å². The Labute approximate surface area is 133 Å². The summed E-state index contributed by atoms with van der Waals surface area (Å²) in [7, 11) is 0. The maximum atomic E-state index is 9.89. The SMILES string of the molecule is OC1[C@H](Oc2c[nH]c3ccc(Br)c(Cl)c23)OC[C@@H](O)[C@H]1O. The van der Waals surface area contributed by atoms with Gasteiger partial charge in [-0.2, -0.15) is 0 Å². The number of hydrogen-bond acceptors (Lipinski definition) is 5. The molecule has 3 rings (SSSR count). The highest BCUT2D eigenvalue weighted by molar-refractivity contribution is 9.10. The molecule has 0 amide bonds. The molecule has 21 heavy (non-hydrogen) atoms. The smallest absolute Gasteiger partial charge is 0.229 e. The zero-order valence-electron chi connectivity index (χ0n) is 10.7. The van der Waals surface area contributed by atoms with Gasteiger partial charge in [0, 0.05) is 10.7 Å². The quantitative estimate of drug-likeness (QED) is 0.634. The lowest BCUT2D eigenvalue weighted by Gasteiger charge is -2.34. The lowest BCUT2D eigenvalue weighted by atomic mass is 10.1. The van der Waals surface area contributed by atoms with Crippen LogP contribution in [0.2, 0.25) is 5.02 Å². The standard InChI is InChI=1S/C13H13BrClNO5/c14-5-1-2-6-9(10(5)15)8(3-16-6)21-13-12(19)11(18)7(17)4-20-13/h1-3,7,11-13,16-19H,4H2/t7-,11-,12?,13+/m1/s1. The predicted molar refractivity (Wildman–Crippen MR) is 79.4 cm³/mol. The Morgan fingerprint density at radius 3 is 2.81 bits per heavy atom. The third-order valence-electron chi connectivity index (χ3n) is 3.40. The van der Waals surface area contributed by atoms with Crippen LogP contribution in [-0.2, 0) is 4.74 Å². The Morgan fingerprint density at radius 1 is 1.29 bits per heavy atom. The first-order chi connectivity index (χ1) is 9.99. The summed E-state index contributed by atoms with van der Waals surface area (Å²) in [4.78, 5) is 3.00. The number of H-pyrrole nitrogens is 1. The molecule has 1 aromatic heterocycles. The Bertz CT molecular complexity index is 663. The largest absolute Gasteiger partial charge is 0.460 e. The average Bonchev–Trinajstić information content (AvgIpc) is 2.87.